The van der Waals surface area contributed by atoms with E-state index in [1.165, 1.54) is 12.3 Å². The Kier molecular flexibility index (Phi) is 4.43. The van der Waals surface area contributed by atoms with E-state index in [4.69, 9.17) is 4.42 Å². The van der Waals surface area contributed by atoms with Crippen LogP contribution in [0.5, 0.6) is 0 Å². The lowest BCUT2D eigenvalue weighted by Gasteiger charge is -2.04. The topological polar surface area (TPSA) is 71.3 Å². The molecular formula is C19H16N2O3. The van der Waals surface area contributed by atoms with Crippen molar-refractivity contribution in [2.24, 2.45) is 0 Å². The van der Waals surface area contributed by atoms with Crippen molar-refractivity contribution in [3.63, 3.8) is 0 Å². The monoisotopic (exact) mass is 320 g/mol. The fraction of sp³-hybridized carbons (Fsp3) is 0.0526. The normalized spacial score (nSPS) is 10.9. The van der Waals surface area contributed by atoms with E-state index in [-0.39, 0.29) is 0 Å². The first-order valence-corrected chi connectivity index (χ1v) is 7.45. The van der Waals surface area contributed by atoms with E-state index in [0.717, 1.165) is 16.3 Å². The quantitative estimate of drug-likeness (QED) is 0.575. The van der Waals surface area contributed by atoms with E-state index in [0.29, 0.717) is 11.3 Å². The molecule has 1 heterocycles. The highest BCUT2D eigenvalue weighted by Crippen LogP contribution is 2.19. The Bertz CT molecular complexity index is 920. The Morgan fingerprint density at radius 2 is 1.79 bits per heavy atom. The number of nitrogens with one attached hydrogen (secondary N) is 2. The molecule has 2 amide bonds. The number of carbonyl (C=O) groups excluding carboxylic acids is 2. The Morgan fingerprint density at radius 1 is 1.00 bits per heavy atom. The highest BCUT2D eigenvalue weighted by Gasteiger charge is 2.11. The van der Waals surface area contributed by atoms with Crippen molar-refractivity contribution in [1.82, 2.24) is 10.9 Å². The first kappa shape index (κ1) is 15.6. The Labute approximate surface area is 138 Å². The second kappa shape index (κ2) is 6.83. The van der Waals surface area contributed by atoms with Crippen LogP contribution in [0.1, 0.15) is 21.7 Å². The van der Waals surface area contributed by atoms with E-state index in [2.05, 4.69) is 10.9 Å². The molecule has 5 nitrogen and oxygen atoms in total. The number of benzene rings is 2. The van der Waals surface area contributed by atoms with Crippen LogP contribution in [0, 0.1) is 6.92 Å². The largest absolute Gasteiger partial charge is 0.469 e. The summed E-state index contributed by atoms with van der Waals surface area (Å²) in [4.78, 5) is 23.7. The molecule has 2 N–H and O–H groups in total. The lowest BCUT2D eigenvalue weighted by Crippen LogP contribution is -2.40. The fourth-order valence-corrected chi connectivity index (χ4v) is 2.41. The zero-order valence-electron chi connectivity index (χ0n) is 13.1. The number of hydrogen-bond acceptors (Lipinski definition) is 3. The minimum Gasteiger partial charge on any atom is -0.469 e. The van der Waals surface area contributed by atoms with E-state index < -0.39 is 11.8 Å². The van der Waals surface area contributed by atoms with Crippen molar-refractivity contribution in [1.29, 1.82) is 0 Å². The van der Waals surface area contributed by atoms with Crippen molar-refractivity contribution in [3.8, 4) is 0 Å². The zero-order valence-corrected chi connectivity index (χ0v) is 13.1. The van der Waals surface area contributed by atoms with Crippen LogP contribution < -0.4 is 10.9 Å². The van der Waals surface area contributed by atoms with Gasteiger partial charge in [0.25, 0.3) is 11.8 Å². The average Bonchev–Trinajstić information content (AvgIpc) is 3.04. The summed E-state index contributed by atoms with van der Waals surface area (Å²) >= 11 is 0. The second-order valence-corrected chi connectivity index (χ2v) is 5.24. The molecule has 120 valence electrons. The van der Waals surface area contributed by atoms with Gasteiger partial charge in [-0.2, -0.15) is 0 Å². The number of furan rings is 1. The predicted octanol–water partition coefficient (Wildman–Crippen LogP) is 3.22. The molecule has 0 bridgehead atoms. The van der Waals surface area contributed by atoms with Gasteiger partial charge in [0.15, 0.2) is 0 Å². The van der Waals surface area contributed by atoms with E-state index in [1.807, 2.05) is 42.5 Å². The van der Waals surface area contributed by atoms with Crippen LogP contribution in [-0.4, -0.2) is 11.8 Å². The van der Waals surface area contributed by atoms with Gasteiger partial charge in [0.1, 0.15) is 5.76 Å². The van der Waals surface area contributed by atoms with Gasteiger partial charge in [0, 0.05) is 6.08 Å². The Morgan fingerprint density at radius 3 is 2.58 bits per heavy atom. The number of hydrogen-bond donors (Lipinski definition) is 2. The molecule has 0 spiro atoms. The summed E-state index contributed by atoms with van der Waals surface area (Å²) in [6.45, 7) is 1.68. The molecule has 5 heteroatoms. The number of fused-ring (bicyclic) bond motifs is 1. The number of carbonyl (C=O) groups is 2. The summed E-state index contributed by atoms with van der Waals surface area (Å²) in [5.74, 6) is -0.348. The molecule has 3 rings (SSSR count). The number of aryl methyl sites for hydroxylation is 1. The van der Waals surface area contributed by atoms with Crippen molar-refractivity contribution in [2.45, 2.75) is 6.92 Å². The number of amides is 2. The van der Waals surface area contributed by atoms with Crippen LogP contribution in [0.15, 0.2) is 65.3 Å². The summed E-state index contributed by atoms with van der Waals surface area (Å²) in [5.41, 5.74) is 6.01. The van der Waals surface area contributed by atoms with Crippen LogP contribution in [0.2, 0.25) is 0 Å². The summed E-state index contributed by atoms with van der Waals surface area (Å²) in [6.07, 6.45) is 4.52. The maximum atomic E-state index is 11.9. The fourth-order valence-electron chi connectivity index (χ4n) is 2.41. The molecule has 0 aliphatic heterocycles. The summed E-state index contributed by atoms with van der Waals surface area (Å²) in [7, 11) is 0. The van der Waals surface area contributed by atoms with Crippen LogP contribution in [-0.2, 0) is 4.79 Å². The average molecular weight is 320 g/mol. The van der Waals surface area contributed by atoms with Crippen molar-refractivity contribution in [2.75, 3.05) is 0 Å². The highest BCUT2D eigenvalue weighted by atomic mass is 16.3. The van der Waals surface area contributed by atoms with E-state index in [1.54, 1.807) is 19.1 Å². The molecule has 0 radical (unpaired) electrons. The zero-order chi connectivity index (χ0) is 16.9. The van der Waals surface area contributed by atoms with Gasteiger partial charge in [-0.1, -0.05) is 42.5 Å². The molecule has 3 aromatic rings. The third-order valence-electron chi connectivity index (χ3n) is 3.64. The molecule has 0 unspecified atom stereocenters. The lowest BCUT2D eigenvalue weighted by molar-refractivity contribution is -0.117. The Balaban J connectivity index is 1.65. The van der Waals surface area contributed by atoms with Gasteiger partial charge in [-0.3, -0.25) is 20.4 Å². The van der Waals surface area contributed by atoms with Crippen molar-refractivity contribution >= 4 is 28.7 Å². The standard InChI is InChI=1S/C19H16N2O3/c1-13-16(11-12-24-13)19(23)21-20-18(22)10-9-15-7-4-6-14-5-2-3-8-17(14)15/h2-12H,1H3,(H,20,22)(H,21,23)/b10-9+. The minimum atomic E-state index is -0.423. The third-order valence-corrected chi connectivity index (χ3v) is 3.64. The van der Waals surface area contributed by atoms with Crippen molar-refractivity contribution < 1.29 is 14.0 Å². The molecular weight excluding hydrogens is 304 g/mol. The maximum Gasteiger partial charge on any atom is 0.273 e. The minimum absolute atomic E-state index is 0.383. The first-order valence-electron chi connectivity index (χ1n) is 7.45. The van der Waals surface area contributed by atoms with Gasteiger partial charge in [-0.15, -0.1) is 0 Å². The lowest BCUT2D eigenvalue weighted by atomic mass is 10.0. The van der Waals surface area contributed by atoms with E-state index >= 15 is 0 Å². The molecule has 0 fully saturated rings. The second-order valence-electron chi connectivity index (χ2n) is 5.24. The van der Waals surface area contributed by atoms with Crippen LogP contribution in [0.25, 0.3) is 16.8 Å². The van der Waals surface area contributed by atoms with Gasteiger partial charge in [0.2, 0.25) is 0 Å². The predicted molar refractivity (Wildman–Crippen MR) is 92.0 cm³/mol. The van der Waals surface area contributed by atoms with Crippen LogP contribution in [0.3, 0.4) is 0 Å². The van der Waals surface area contributed by atoms with Gasteiger partial charge in [-0.25, -0.2) is 0 Å². The smallest absolute Gasteiger partial charge is 0.273 e. The highest BCUT2D eigenvalue weighted by molar-refractivity contribution is 5.99. The molecule has 0 saturated heterocycles. The van der Waals surface area contributed by atoms with Gasteiger partial charge in [0.05, 0.1) is 11.8 Å². The third kappa shape index (κ3) is 3.35. The maximum absolute atomic E-state index is 11.9. The molecule has 24 heavy (non-hydrogen) atoms. The molecule has 2 aromatic carbocycles. The molecule has 0 aliphatic rings. The van der Waals surface area contributed by atoms with Crippen molar-refractivity contribution in [3.05, 3.63) is 77.8 Å². The van der Waals surface area contributed by atoms with Gasteiger partial charge >= 0.3 is 0 Å². The van der Waals surface area contributed by atoms with E-state index in [9.17, 15) is 9.59 Å². The summed E-state index contributed by atoms with van der Waals surface area (Å²) in [5, 5.41) is 2.16. The van der Waals surface area contributed by atoms with Gasteiger partial charge < -0.3 is 4.42 Å². The number of rotatable bonds is 3. The SMILES string of the molecule is Cc1occc1C(=O)NNC(=O)/C=C/c1cccc2ccccc12. The van der Waals surface area contributed by atoms with Gasteiger partial charge in [-0.05, 0) is 35.4 Å². The molecule has 0 saturated carbocycles. The molecule has 0 aliphatic carbocycles. The summed E-state index contributed by atoms with van der Waals surface area (Å²) < 4.78 is 5.05. The molecule has 0 atom stereocenters. The first-order chi connectivity index (χ1) is 11.6. The van der Waals surface area contributed by atoms with Crippen LogP contribution >= 0.6 is 0 Å². The Hall–Kier alpha value is -3.34. The number of hydrazine groups is 1. The summed E-state index contributed by atoms with van der Waals surface area (Å²) in [6, 6.07) is 15.4. The van der Waals surface area contributed by atoms with Crippen LogP contribution in [0.4, 0.5) is 0 Å². The molecule has 1 aromatic heterocycles.